The van der Waals surface area contributed by atoms with Gasteiger partial charge < -0.3 is 25.2 Å². The maximum absolute atomic E-state index is 12.5. The van der Waals surface area contributed by atoms with E-state index in [1.807, 2.05) is 31.2 Å². The van der Waals surface area contributed by atoms with Crippen LogP contribution in [0.1, 0.15) is 50.2 Å². The Morgan fingerprint density at radius 1 is 0.971 bits per heavy atom. The number of carbonyl (C=O) groups is 3. The number of amides is 2. The SMILES string of the molecule is CCOC(CNC(=O)C[C@@H](CC)NC(=O)OCC1c2ccccc2-c2ccccc21)CC(=O)O. The smallest absolute Gasteiger partial charge is 0.407 e. The predicted molar refractivity (Wildman–Crippen MR) is 128 cm³/mol. The summed E-state index contributed by atoms with van der Waals surface area (Å²) in [5.74, 6) is -1.32. The lowest BCUT2D eigenvalue weighted by molar-refractivity contribution is -0.140. The molecule has 2 atom stereocenters. The van der Waals surface area contributed by atoms with Crippen molar-refractivity contribution in [2.24, 2.45) is 0 Å². The molecule has 0 spiro atoms. The second kappa shape index (κ2) is 12.2. The highest BCUT2D eigenvalue weighted by molar-refractivity contribution is 5.79. The summed E-state index contributed by atoms with van der Waals surface area (Å²) in [6.07, 6.45) is -0.751. The Morgan fingerprint density at radius 3 is 2.15 bits per heavy atom. The quantitative estimate of drug-likeness (QED) is 0.438. The van der Waals surface area contributed by atoms with E-state index >= 15 is 0 Å². The maximum Gasteiger partial charge on any atom is 0.407 e. The van der Waals surface area contributed by atoms with Crippen molar-refractivity contribution in [3.63, 3.8) is 0 Å². The van der Waals surface area contributed by atoms with Crippen molar-refractivity contribution in [2.75, 3.05) is 19.8 Å². The molecule has 0 aliphatic heterocycles. The number of fused-ring (bicyclic) bond motifs is 3. The monoisotopic (exact) mass is 468 g/mol. The van der Waals surface area contributed by atoms with Gasteiger partial charge in [-0.2, -0.15) is 0 Å². The van der Waals surface area contributed by atoms with E-state index < -0.39 is 24.2 Å². The van der Waals surface area contributed by atoms with Gasteiger partial charge in [0, 0.05) is 31.5 Å². The average molecular weight is 469 g/mol. The van der Waals surface area contributed by atoms with Crippen LogP contribution in [0.3, 0.4) is 0 Å². The molecule has 0 aromatic heterocycles. The highest BCUT2D eigenvalue weighted by Gasteiger charge is 2.29. The van der Waals surface area contributed by atoms with E-state index in [1.54, 1.807) is 6.92 Å². The number of aliphatic carboxylic acids is 1. The molecule has 1 aliphatic carbocycles. The number of rotatable bonds is 12. The van der Waals surface area contributed by atoms with Crippen molar-refractivity contribution >= 4 is 18.0 Å². The van der Waals surface area contributed by atoms with Gasteiger partial charge in [0.15, 0.2) is 0 Å². The van der Waals surface area contributed by atoms with Gasteiger partial charge in [0.1, 0.15) is 6.61 Å². The van der Waals surface area contributed by atoms with Crippen molar-refractivity contribution in [1.29, 1.82) is 0 Å². The van der Waals surface area contributed by atoms with Crippen LogP contribution < -0.4 is 10.6 Å². The highest BCUT2D eigenvalue weighted by Crippen LogP contribution is 2.44. The lowest BCUT2D eigenvalue weighted by atomic mass is 9.98. The van der Waals surface area contributed by atoms with Crippen molar-refractivity contribution in [2.45, 2.75) is 51.2 Å². The van der Waals surface area contributed by atoms with E-state index in [2.05, 4.69) is 34.9 Å². The van der Waals surface area contributed by atoms with Crippen LogP contribution in [0.4, 0.5) is 4.79 Å². The summed E-state index contributed by atoms with van der Waals surface area (Å²) in [6, 6.07) is 15.8. The Labute approximate surface area is 199 Å². The molecule has 2 aromatic rings. The van der Waals surface area contributed by atoms with Crippen LogP contribution >= 0.6 is 0 Å². The summed E-state index contributed by atoms with van der Waals surface area (Å²) < 4.78 is 10.9. The summed E-state index contributed by atoms with van der Waals surface area (Å²) in [4.78, 5) is 35.7. The highest BCUT2D eigenvalue weighted by atomic mass is 16.5. The molecule has 0 radical (unpaired) electrons. The minimum absolute atomic E-state index is 0.0359. The standard InChI is InChI=1S/C26H32N2O6/c1-3-17(13-24(29)27-15-18(33-4-2)14-25(30)31)28-26(32)34-16-23-21-11-7-5-9-19(21)20-10-6-8-12-22(20)23/h5-12,17-18,23H,3-4,13-16H2,1-2H3,(H,27,29)(H,28,32)(H,30,31)/t17-,18?/m1/s1. The van der Waals surface area contributed by atoms with Crippen molar-refractivity contribution in [3.8, 4) is 11.1 Å². The van der Waals surface area contributed by atoms with Crippen LogP contribution in [0, 0.1) is 0 Å². The van der Waals surface area contributed by atoms with Gasteiger partial charge in [0.05, 0.1) is 12.5 Å². The number of hydrogen-bond donors (Lipinski definition) is 3. The van der Waals surface area contributed by atoms with E-state index in [0.717, 1.165) is 22.3 Å². The van der Waals surface area contributed by atoms with Crippen molar-refractivity contribution in [3.05, 3.63) is 59.7 Å². The molecule has 0 heterocycles. The van der Waals surface area contributed by atoms with Crippen molar-refractivity contribution in [1.82, 2.24) is 10.6 Å². The molecule has 3 N–H and O–H groups in total. The first-order valence-corrected chi connectivity index (χ1v) is 11.6. The number of hydrogen-bond acceptors (Lipinski definition) is 5. The summed E-state index contributed by atoms with van der Waals surface area (Å²) in [5.41, 5.74) is 4.58. The molecule has 8 heteroatoms. The van der Waals surface area contributed by atoms with Crippen LogP contribution in [0.25, 0.3) is 11.1 Å². The number of carboxylic acids is 1. The van der Waals surface area contributed by atoms with Gasteiger partial charge in [0.2, 0.25) is 5.91 Å². The Hall–Kier alpha value is -3.39. The van der Waals surface area contributed by atoms with Crippen molar-refractivity contribution < 1.29 is 29.0 Å². The fraction of sp³-hybridized carbons (Fsp3) is 0.423. The summed E-state index contributed by atoms with van der Waals surface area (Å²) >= 11 is 0. The van der Waals surface area contributed by atoms with E-state index in [9.17, 15) is 14.4 Å². The van der Waals surface area contributed by atoms with Gasteiger partial charge >= 0.3 is 12.1 Å². The number of benzene rings is 2. The Kier molecular flexibility index (Phi) is 9.04. The molecule has 0 saturated carbocycles. The summed E-state index contributed by atoms with van der Waals surface area (Å²) in [6.45, 7) is 4.29. The fourth-order valence-electron chi connectivity index (χ4n) is 4.25. The van der Waals surface area contributed by atoms with Gasteiger partial charge in [-0.05, 0) is 35.6 Å². The Bertz CT molecular complexity index is 963. The van der Waals surface area contributed by atoms with Gasteiger partial charge in [-0.1, -0.05) is 55.5 Å². The van der Waals surface area contributed by atoms with Crippen LogP contribution in [0.15, 0.2) is 48.5 Å². The molecule has 3 rings (SSSR count). The van der Waals surface area contributed by atoms with E-state index in [1.165, 1.54) is 0 Å². The summed E-state index contributed by atoms with van der Waals surface area (Å²) in [7, 11) is 0. The number of alkyl carbamates (subject to hydrolysis) is 1. The predicted octanol–water partition coefficient (Wildman–Crippen LogP) is 3.69. The number of carbonyl (C=O) groups excluding carboxylic acids is 2. The van der Waals surface area contributed by atoms with Gasteiger partial charge in [-0.3, -0.25) is 9.59 Å². The number of nitrogens with one attached hydrogen (secondary N) is 2. The third-order valence-corrected chi connectivity index (χ3v) is 5.92. The third-order valence-electron chi connectivity index (χ3n) is 5.92. The van der Waals surface area contributed by atoms with Crippen LogP contribution in [-0.4, -0.2) is 55.0 Å². The zero-order valence-corrected chi connectivity index (χ0v) is 19.6. The minimum atomic E-state index is -0.990. The zero-order valence-electron chi connectivity index (χ0n) is 19.6. The average Bonchev–Trinajstić information content (AvgIpc) is 3.14. The molecule has 34 heavy (non-hydrogen) atoms. The van der Waals surface area contributed by atoms with Gasteiger partial charge in [-0.25, -0.2) is 4.79 Å². The van der Waals surface area contributed by atoms with Gasteiger partial charge in [0.25, 0.3) is 0 Å². The largest absolute Gasteiger partial charge is 0.481 e. The van der Waals surface area contributed by atoms with E-state index in [0.29, 0.717) is 13.0 Å². The van der Waals surface area contributed by atoms with Crippen LogP contribution in [0.5, 0.6) is 0 Å². The Balaban J connectivity index is 1.50. The maximum atomic E-state index is 12.5. The van der Waals surface area contributed by atoms with Crippen LogP contribution in [0.2, 0.25) is 0 Å². The topological polar surface area (TPSA) is 114 Å². The normalized spacial score (nSPS) is 13.9. The molecular formula is C26H32N2O6. The molecular weight excluding hydrogens is 436 g/mol. The zero-order chi connectivity index (χ0) is 24.5. The molecule has 1 unspecified atom stereocenters. The van der Waals surface area contributed by atoms with E-state index in [-0.39, 0.29) is 37.8 Å². The molecule has 2 aromatic carbocycles. The lowest BCUT2D eigenvalue weighted by Gasteiger charge is -2.20. The summed E-state index contributed by atoms with van der Waals surface area (Å²) in [5, 5.41) is 14.4. The molecule has 8 nitrogen and oxygen atoms in total. The molecule has 0 bridgehead atoms. The first-order chi connectivity index (χ1) is 16.4. The number of carboxylic acid groups (broad SMARTS) is 1. The fourth-order valence-corrected chi connectivity index (χ4v) is 4.25. The first-order valence-electron chi connectivity index (χ1n) is 11.6. The molecule has 182 valence electrons. The minimum Gasteiger partial charge on any atom is -0.481 e. The van der Waals surface area contributed by atoms with E-state index in [4.69, 9.17) is 14.6 Å². The second-order valence-electron chi connectivity index (χ2n) is 8.26. The second-order valence-corrected chi connectivity index (χ2v) is 8.26. The Morgan fingerprint density at radius 2 is 1.59 bits per heavy atom. The molecule has 0 saturated heterocycles. The molecule has 2 amide bonds. The number of ether oxygens (including phenoxy) is 2. The lowest BCUT2D eigenvalue weighted by Crippen LogP contribution is -2.41. The van der Waals surface area contributed by atoms with Crippen LogP contribution in [-0.2, 0) is 19.1 Å². The first kappa shape index (κ1) is 25.2. The van der Waals surface area contributed by atoms with Gasteiger partial charge in [-0.15, -0.1) is 0 Å². The molecule has 1 aliphatic rings. The third kappa shape index (κ3) is 6.57. The molecule has 0 fully saturated rings.